The van der Waals surface area contributed by atoms with Crippen LogP contribution in [-0.2, 0) is 4.79 Å². The van der Waals surface area contributed by atoms with E-state index < -0.39 is 5.91 Å². The van der Waals surface area contributed by atoms with Gasteiger partial charge in [0.05, 0.1) is 5.57 Å². The number of phenolic OH excluding ortho intramolecular Hbond substituents is 1. The second-order valence-corrected chi connectivity index (χ2v) is 2.59. The van der Waals surface area contributed by atoms with Gasteiger partial charge in [-0.2, -0.15) is 5.26 Å². The molecule has 0 aliphatic carbocycles. The van der Waals surface area contributed by atoms with Crippen molar-refractivity contribution in [1.29, 1.82) is 5.26 Å². The summed E-state index contributed by atoms with van der Waals surface area (Å²) < 4.78 is 0. The molecule has 0 atom stereocenters. The maximum Gasteiger partial charge on any atom is 0.242 e. The minimum absolute atomic E-state index is 0.0515. The smallest absolute Gasteiger partial charge is 0.242 e. The Morgan fingerprint density at radius 3 is 2.64 bits per heavy atom. The molecule has 4 heteroatoms. The van der Waals surface area contributed by atoms with Crippen molar-refractivity contribution >= 4 is 11.5 Å². The van der Waals surface area contributed by atoms with Gasteiger partial charge in [0.2, 0.25) is 5.91 Å². The Morgan fingerprint density at radius 2 is 2.14 bits per heavy atom. The van der Waals surface area contributed by atoms with Crippen LogP contribution in [0.1, 0.15) is 5.56 Å². The van der Waals surface area contributed by atoms with Crippen LogP contribution in [0.15, 0.2) is 30.3 Å². The molecule has 0 radical (unpaired) electrons. The Kier molecular flexibility index (Phi) is 2.87. The van der Waals surface area contributed by atoms with Gasteiger partial charge >= 0.3 is 0 Å². The first-order valence-corrected chi connectivity index (χ1v) is 3.84. The Balaban J connectivity index is 3.22. The van der Waals surface area contributed by atoms with Crippen LogP contribution in [0.5, 0.6) is 5.75 Å². The Labute approximate surface area is 80.9 Å². The van der Waals surface area contributed by atoms with Crippen molar-refractivity contribution < 1.29 is 9.90 Å². The molecule has 3 N–H and O–H groups in total. The van der Waals surface area contributed by atoms with Crippen LogP contribution in [0.4, 0.5) is 0 Å². The molecule has 0 fully saturated rings. The van der Waals surface area contributed by atoms with Gasteiger partial charge in [0.1, 0.15) is 11.8 Å². The fourth-order valence-corrected chi connectivity index (χ4v) is 1.01. The first kappa shape index (κ1) is 9.81. The zero-order chi connectivity index (χ0) is 10.6. The summed E-state index contributed by atoms with van der Waals surface area (Å²) >= 11 is 0. The van der Waals surface area contributed by atoms with Crippen molar-refractivity contribution in [3.63, 3.8) is 0 Å². The molecular weight excluding hydrogens is 180 g/mol. The van der Waals surface area contributed by atoms with Gasteiger partial charge in [-0.25, -0.2) is 0 Å². The number of aromatic hydroxyl groups is 1. The average molecular weight is 188 g/mol. The lowest BCUT2D eigenvalue weighted by Crippen LogP contribution is -2.06. The number of rotatable bonds is 2. The second kappa shape index (κ2) is 4.10. The molecule has 4 nitrogen and oxygen atoms in total. The molecule has 1 rings (SSSR count). The number of nitriles is 1. The highest BCUT2D eigenvalue weighted by atomic mass is 16.3. The lowest BCUT2D eigenvalue weighted by atomic mass is 10.1. The highest BCUT2D eigenvalue weighted by molar-refractivity contribution is 5.98. The fraction of sp³-hybridized carbons (Fsp3) is 0. The molecule has 1 aromatic carbocycles. The van der Waals surface area contributed by atoms with Gasteiger partial charge in [-0.15, -0.1) is 0 Å². The number of primary amides is 1. The number of nitrogens with two attached hydrogens (primary N) is 1. The predicted octanol–water partition coefficient (Wildman–Crippen LogP) is 0.784. The lowest BCUT2D eigenvalue weighted by molar-refractivity contribution is -0.113. The summed E-state index contributed by atoms with van der Waals surface area (Å²) in [6.07, 6.45) is 0.981. The number of allylic oxidation sites excluding steroid dienone is 1. The van der Waals surface area contributed by atoms with Crippen LogP contribution >= 0.6 is 0 Å². The van der Waals surface area contributed by atoms with Gasteiger partial charge in [-0.1, -0.05) is 12.1 Å². The molecule has 0 aromatic heterocycles. The third-order valence-electron chi connectivity index (χ3n) is 1.60. The van der Waals surface area contributed by atoms with E-state index in [1.54, 1.807) is 18.2 Å². The van der Waals surface area contributed by atoms with Gasteiger partial charge < -0.3 is 10.8 Å². The Morgan fingerprint density at radius 1 is 1.50 bits per heavy atom. The van der Waals surface area contributed by atoms with Crippen LogP contribution in [0, 0.1) is 11.3 Å². The van der Waals surface area contributed by atoms with Gasteiger partial charge in [0.15, 0.2) is 0 Å². The summed E-state index contributed by atoms with van der Waals surface area (Å²) in [5, 5.41) is 18.1. The molecule has 0 aliphatic rings. The van der Waals surface area contributed by atoms with E-state index in [1.807, 2.05) is 0 Å². The van der Waals surface area contributed by atoms with E-state index in [9.17, 15) is 9.90 Å². The molecule has 70 valence electrons. The fourth-order valence-electron chi connectivity index (χ4n) is 1.01. The highest BCUT2D eigenvalue weighted by Crippen LogP contribution is 2.23. The van der Waals surface area contributed by atoms with E-state index in [0.29, 0.717) is 5.56 Å². The van der Waals surface area contributed by atoms with Crippen molar-refractivity contribution in [2.75, 3.05) is 0 Å². The molecule has 0 bridgehead atoms. The summed E-state index contributed by atoms with van der Waals surface area (Å²) in [6, 6.07) is 8.03. The predicted molar refractivity (Wildman–Crippen MR) is 50.9 cm³/mol. The summed E-state index contributed by atoms with van der Waals surface area (Å²) in [5.41, 5.74) is 5.26. The molecule has 0 unspecified atom stereocenters. The molecule has 0 spiro atoms. The minimum atomic E-state index is -0.718. The van der Waals surface area contributed by atoms with Gasteiger partial charge in [-0.05, 0) is 12.1 Å². The van der Waals surface area contributed by atoms with Crippen molar-refractivity contribution in [3.8, 4) is 11.8 Å². The van der Waals surface area contributed by atoms with E-state index in [-0.39, 0.29) is 11.3 Å². The van der Waals surface area contributed by atoms with Crippen LogP contribution < -0.4 is 5.73 Å². The van der Waals surface area contributed by atoms with Crippen molar-refractivity contribution in [3.05, 3.63) is 35.9 Å². The van der Waals surface area contributed by atoms with E-state index in [4.69, 9.17) is 11.0 Å². The number of phenols is 1. The largest absolute Gasteiger partial charge is 0.507 e. The number of carbonyl (C=O) groups is 1. The second-order valence-electron chi connectivity index (χ2n) is 2.59. The number of amides is 1. The third-order valence-corrected chi connectivity index (χ3v) is 1.60. The minimum Gasteiger partial charge on any atom is -0.507 e. The summed E-state index contributed by atoms with van der Waals surface area (Å²) in [6.45, 7) is 0. The zero-order valence-electron chi connectivity index (χ0n) is 7.27. The molecule has 1 amide bonds. The van der Waals surface area contributed by atoms with E-state index in [0.717, 1.165) is 6.08 Å². The number of para-hydroxylation sites is 1. The summed E-state index contributed by atoms with van der Waals surface area (Å²) in [7, 11) is 0. The summed E-state index contributed by atoms with van der Waals surface area (Å²) in [5.74, 6) is -0.772. The number of nitrogens with zero attached hydrogens (tertiary/aromatic N) is 1. The Hall–Kier alpha value is -2.28. The number of benzene rings is 1. The van der Waals surface area contributed by atoms with Crippen LogP contribution in [0.25, 0.3) is 5.57 Å². The van der Waals surface area contributed by atoms with E-state index in [2.05, 4.69) is 0 Å². The molecular formula is C10H8N2O2. The molecule has 14 heavy (non-hydrogen) atoms. The third kappa shape index (κ3) is 2.11. The number of carbonyl (C=O) groups excluding carboxylic acids is 1. The number of hydrogen-bond donors (Lipinski definition) is 2. The van der Waals surface area contributed by atoms with Crippen molar-refractivity contribution in [1.82, 2.24) is 0 Å². The van der Waals surface area contributed by atoms with Crippen molar-refractivity contribution in [2.24, 2.45) is 5.73 Å². The molecule has 0 aliphatic heterocycles. The lowest BCUT2D eigenvalue weighted by Gasteiger charge is -2.00. The van der Waals surface area contributed by atoms with Crippen LogP contribution in [-0.4, -0.2) is 11.0 Å². The van der Waals surface area contributed by atoms with Gasteiger partial charge in [0.25, 0.3) is 0 Å². The van der Waals surface area contributed by atoms with E-state index in [1.165, 1.54) is 12.1 Å². The average Bonchev–Trinajstić information content (AvgIpc) is 2.15. The maximum absolute atomic E-state index is 10.6. The monoisotopic (exact) mass is 188 g/mol. The van der Waals surface area contributed by atoms with Crippen LogP contribution in [0.3, 0.4) is 0 Å². The molecule has 0 saturated heterocycles. The SMILES string of the molecule is N#C/C(=C\C(N)=O)c1ccccc1O. The normalized spacial score (nSPS) is 10.6. The quantitative estimate of drug-likeness (QED) is 0.531. The van der Waals surface area contributed by atoms with Crippen molar-refractivity contribution in [2.45, 2.75) is 0 Å². The summed E-state index contributed by atoms with van der Waals surface area (Å²) in [4.78, 5) is 10.6. The Bertz CT molecular complexity index is 430. The first-order valence-electron chi connectivity index (χ1n) is 3.84. The zero-order valence-corrected chi connectivity index (χ0v) is 7.27. The van der Waals surface area contributed by atoms with Gasteiger partial charge in [-0.3, -0.25) is 4.79 Å². The van der Waals surface area contributed by atoms with Gasteiger partial charge in [0, 0.05) is 11.6 Å². The first-order chi connectivity index (χ1) is 6.65. The standard InChI is InChI=1S/C10H8N2O2/c11-6-7(5-10(12)14)8-3-1-2-4-9(8)13/h1-5,13H,(H2,12,14)/b7-5+. The number of hydrogen-bond acceptors (Lipinski definition) is 3. The van der Waals surface area contributed by atoms with Crippen LogP contribution in [0.2, 0.25) is 0 Å². The highest BCUT2D eigenvalue weighted by Gasteiger charge is 2.06. The topological polar surface area (TPSA) is 87.1 Å². The molecule has 0 saturated carbocycles. The van der Waals surface area contributed by atoms with E-state index >= 15 is 0 Å². The molecule has 1 aromatic rings. The maximum atomic E-state index is 10.6. The molecule has 0 heterocycles.